The largest absolute Gasteiger partial charge is 0.347 e. The van der Waals surface area contributed by atoms with Crippen LogP contribution in [0.1, 0.15) is 10.5 Å². The average Bonchev–Trinajstić information content (AvgIpc) is 2.42. The van der Waals surface area contributed by atoms with Crippen LogP contribution in [-0.2, 0) is 9.84 Å². The molecule has 1 aromatic heterocycles. The first-order valence-corrected chi connectivity index (χ1v) is 7.78. The van der Waals surface area contributed by atoms with Crippen LogP contribution < -0.4 is 5.32 Å². The molecule has 0 saturated heterocycles. The summed E-state index contributed by atoms with van der Waals surface area (Å²) in [5.41, 5.74) is 1.53. The summed E-state index contributed by atoms with van der Waals surface area (Å²) in [5.74, 6) is -0.401. The smallest absolute Gasteiger partial charge is 0.271 e. The third-order valence-corrected chi connectivity index (χ3v) is 3.09. The minimum atomic E-state index is -3.18. The lowest BCUT2D eigenvalue weighted by Gasteiger charge is -2.02. The van der Waals surface area contributed by atoms with E-state index in [0.717, 1.165) is 11.7 Å². The maximum atomic E-state index is 11.8. The van der Waals surface area contributed by atoms with Crippen LogP contribution in [0.5, 0.6) is 0 Å². The summed E-state index contributed by atoms with van der Waals surface area (Å²) in [7, 11) is -3.18. The normalized spacial score (nSPS) is 11.8. The number of rotatable bonds is 4. The fourth-order valence-corrected chi connectivity index (χ4v) is 1.98. The first kappa shape index (κ1) is 14.1. The van der Waals surface area contributed by atoms with Crippen LogP contribution in [0.3, 0.4) is 0 Å². The highest BCUT2D eigenvalue weighted by molar-refractivity contribution is 7.93. The number of nitrogens with one attached hydrogen (secondary N) is 1. The zero-order valence-corrected chi connectivity index (χ0v) is 11.6. The van der Waals surface area contributed by atoms with E-state index in [0.29, 0.717) is 11.0 Å². The van der Waals surface area contributed by atoms with Crippen molar-refractivity contribution in [1.29, 1.82) is 0 Å². The molecule has 0 fully saturated rings. The summed E-state index contributed by atoms with van der Waals surface area (Å²) in [6.07, 6.45) is 3.83. The van der Waals surface area contributed by atoms with Crippen LogP contribution in [0, 0.1) is 0 Å². The Labute approximate surface area is 116 Å². The Hall–Kier alpha value is -2.28. The van der Waals surface area contributed by atoms with Crippen molar-refractivity contribution in [1.82, 2.24) is 15.3 Å². The molecule has 104 valence electrons. The fourth-order valence-electron chi connectivity index (χ4n) is 1.53. The molecule has 0 atom stereocenters. The zero-order chi connectivity index (χ0) is 14.6. The second kappa shape index (κ2) is 5.79. The van der Waals surface area contributed by atoms with Crippen molar-refractivity contribution in [2.45, 2.75) is 0 Å². The number of hydrogen-bond donors (Lipinski definition) is 1. The molecule has 0 saturated carbocycles. The van der Waals surface area contributed by atoms with Gasteiger partial charge in [0.1, 0.15) is 5.69 Å². The Morgan fingerprint density at radius 2 is 2.00 bits per heavy atom. The summed E-state index contributed by atoms with van der Waals surface area (Å²) in [6.45, 7) is 0.112. The van der Waals surface area contributed by atoms with Crippen molar-refractivity contribution in [3.05, 3.63) is 47.6 Å². The van der Waals surface area contributed by atoms with Gasteiger partial charge in [0.2, 0.25) is 0 Å². The Morgan fingerprint density at radius 1 is 1.30 bits per heavy atom. The van der Waals surface area contributed by atoms with Gasteiger partial charge < -0.3 is 5.32 Å². The van der Waals surface area contributed by atoms with Gasteiger partial charge in [-0.25, -0.2) is 13.4 Å². The quantitative estimate of drug-likeness (QED) is 0.904. The Morgan fingerprint density at radius 3 is 2.70 bits per heavy atom. The Balaban J connectivity index is 2.06. The molecule has 6 nitrogen and oxygen atoms in total. The predicted octanol–water partition coefficient (Wildman–Crippen LogP) is 0.918. The first-order chi connectivity index (χ1) is 9.46. The molecule has 0 aliphatic heterocycles. The third kappa shape index (κ3) is 3.86. The van der Waals surface area contributed by atoms with Crippen molar-refractivity contribution in [2.75, 3.05) is 12.8 Å². The number of fused-ring (bicyclic) bond motifs is 1. The number of nitrogens with zero attached hydrogens (tertiary/aromatic N) is 2. The highest BCUT2D eigenvalue weighted by Crippen LogP contribution is 2.08. The second-order valence-corrected chi connectivity index (χ2v) is 6.09. The van der Waals surface area contributed by atoms with Crippen LogP contribution in [0.15, 0.2) is 41.9 Å². The molecule has 20 heavy (non-hydrogen) atoms. The van der Waals surface area contributed by atoms with E-state index in [-0.39, 0.29) is 12.2 Å². The molecule has 0 aliphatic carbocycles. The summed E-state index contributed by atoms with van der Waals surface area (Å²) in [6, 6.07) is 7.22. The number of benzene rings is 1. The molecule has 0 radical (unpaired) electrons. The molecule has 0 unspecified atom stereocenters. The minimum Gasteiger partial charge on any atom is -0.347 e. The van der Waals surface area contributed by atoms with E-state index in [2.05, 4.69) is 15.3 Å². The molecule has 0 spiro atoms. The SMILES string of the molecule is CS(=O)(=O)/C=C/CNC(=O)c1cnc2ccccc2n1. The molecular formula is C13H13N3O3S. The number of carbonyl (C=O) groups is 1. The number of para-hydroxylation sites is 2. The van der Waals surface area contributed by atoms with Gasteiger partial charge in [0.25, 0.3) is 5.91 Å². The van der Waals surface area contributed by atoms with Crippen LogP contribution in [0.2, 0.25) is 0 Å². The van der Waals surface area contributed by atoms with Crippen LogP contribution >= 0.6 is 0 Å². The van der Waals surface area contributed by atoms with E-state index >= 15 is 0 Å². The molecule has 1 amide bonds. The number of carbonyl (C=O) groups excluding carboxylic acids is 1. The lowest BCUT2D eigenvalue weighted by Crippen LogP contribution is -2.24. The van der Waals surface area contributed by atoms with Gasteiger partial charge >= 0.3 is 0 Å². The summed E-state index contributed by atoms with van der Waals surface area (Å²) in [5, 5.41) is 3.58. The van der Waals surface area contributed by atoms with Crippen LogP contribution in [-0.4, -0.2) is 37.1 Å². The maximum absolute atomic E-state index is 11.8. The average molecular weight is 291 g/mol. The van der Waals surface area contributed by atoms with E-state index in [1.54, 1.807) is 12.1 Å². The summed E-state index contributed by atoms with van der Waals surface area (Å²) < 4.78 is 21.7. The van der Waals surface area contributed by atoms with Crippen molar-refractivity contribution in [3.8, 4) is 0 Å². The number of sulfone groups is 1. The van der Waals surface area contributed by atoms with E-state index < -0.39 is 15.7 Å². The lowest BCUT2D eigenvalue weighted by molar-refractivity contribution is 0.0953. The molecule has 0 bridgehead atoms. The van der Waals surface area contributed by atoms with E-state index in [1.165, 1.54) is 12.3 Å². The van der Waals surface area contributed by atoms with Crippen LogP contribution in [0.25, 0.3) is 11.0 Å². The Bertz CT molecular complexity index is 769. The first-order valence-electron chi connectivity index (χ1n) is 5.82. The van der Waals surface area contributed by atoms with Gasteiger partial charge in [-0.1, -0.05) is 18.2 Å². The van der Waals surface area contributed by atoms with Gasteiger partial charge in [-0.05, 0) is 12.1 Å². The van der Waals surface area contributed by atoms with Gasteiger partial charge in [0.15, 0.2) is 9.84 Å². The van der Waals surface area contributed by atoms with Gasteiger partial charge in [0.05, 0.1) is 17.2 Å². The summed E-state index contributed by atoms with van der Waals surface area (Å²) in [4.78, 5) is 20.1. The molecule has 7 heteroatoms. The number of aromatic nitrogens is 2. The van der Waals surface area contributed by atoms with E-state index in [1.807, 2.05) is 12.1 Å². The molecule has 1 aromatic carbocycles. The topological polar surface area (TPSA) is 89.0 Å². The van der Waals surface area contributed by atoms with Crippen LogP contribution in [0.4, 0.5) is 0 Å². The molecule has 0 aliphatic rings. The summed E-state index contributed by atoms with van der Waals surface area (Å²) >= 11 is 0. The molecule has 1 N–H and O–H groups in total. The van der Waals surface area contributed by atoms with E-state index in [9.17, 15) is 13.2 Å². The van der Waals surface area contributed by atoms with Gasteiger partial charge in [0, 0.05) is 18.2 Å². The van der Waals surface area contributed by atoms with Crippen molar-refractivity contribution >= 4 is 26.8 Å². The standard InChI is InChI=1S/C13H13N3O3S/c1-20(18,19)8-4-7-14-13(17)12-9-15-10-5-2-3-6-11(10)16-12/h2-6,8-9H,7H2,1H3,(H,14,17)/b8-4+. The fraction of sp³-hybridized carbons (Fsp3) is 0.154. The monoisotopic (exact) mass is 291 g/mol. The van der Waals surface area contributed by atoms with E-state index in [4.69, 9.17) is 0 Å². The van der Waals surface area contributed by atoms with Gasteiger partial charge in [-0.3, -0.25) is 9.78 Å². The third-order valence-electron chi connectivity index (χ3n) is 2.41. The van der Waals surface area contributed by atoms with Gasteiger partial charge in [-0.15, -0.1) is 0 Å². The predicted molar refractivity (Wildman–Crippen MR) is 75.9 cm³/mol. The Kier molecular flexibility index (Phi) is 4.09. The number of amides is 1. The highest BCUT2D eigenvalue weighted by Gasteiger charge is 2.07. The van der Waals surface area contributed by atoms with Gasteiger partial charge in [-0.2, -0.15) is 0 Å². The number of hydrogen-bond acceptors (Lipinski definition) is 5. The van der Waals surface area contributed by atoms with Crippen molar-refractivity contribution < 1.29 is 13.2 Å². The highest BCUT2D eigenvalue weighted by atomic mass is 32.2. The van der Waals surface area contributed by atoms with Crippen molar-refractivity contribution in [2.24, 2.45) is 0 Å². The zero-order valence-electron chi connectivity index (χ0n) is 10.8. The van der Waals surface area contributed by atoms with Crippen molar-refractivity contribution in [3.63, 3.8) is 0 Å². The maximum Gasteiger partial charge on any atom is 0.271 e. The second-order valence-electron chi connectivity index (χ2n) is 4.16. The molecule has 2 rings (SSSR count). The minimum absolute atomic E-state index is 0.112. The molecule has 1 heterocycles. The lowest BCUT2D eigenvalue weighted by atomic mass is 10.3. The molecule has 2 aromatic rings. The molecular weight excluding hydrogens is 278 g/mol.